The zero-order chi connectivity index (χ0) is 55.5. The molecule has 0 aliphatic carbocycles. The fourth-order valence-electron chi connectivity index (χ4n) is 8.27. The van der Waals surface area contributed by atoms with Crippen LogP contribution in [-0.2, 0) is 39.8 Å². The van der Waals surface area contributed by atoms with E-state index in [0.29, 0.717) is 53.2 Å². The van der Waals surface area contributed by atoms with Crippen LogP contribution >= 0.6 is 34.4 Å². The van der Waals surface area contributed by atoms with E-state index in [0.717, 1.165) is 109 Å². The van der Waals surface area contributed by atoms with E-state index in [1.54, 1.807) is 32.1 Å². The number of nitrogens with two attached hydrogens (primary N) is 1. The molecule has 0 radical (unpaired) electrons. The lowest BCUT2D eigenvalue weighted by Crippen LogP contribution is -2.31. The molecule has 0 aliphatic heterocycles. The second-order valence-electron chi connectivity index (χ2n) is 20.2. The number of nitrogen functional groups attached to an aromatic ring is 1. The average Bonchev–Trinajstić information content (AvgIpc) is 4.00. The standard InChI is InChI=1S/C44H54F3N3O4S2.C17H19N3S/c1-7-9-21-48-35-18-16-31(17-19-35)41-50-38-20-15-30(24-39(38)56-41)23-37(52)28-33-26-34(44(45,46)47)25-32(40(33)55-22-8-2)27-36(51)14-12-10-11-13-29(3)49-42(53)54-43(4,5)6;1-2-3-10-19-14-7-4-12(5-8-14)17-20-15-9-6-13(18)11-16(15)21-17/h15-20,24-26,48H,3,7-14,21-23,27-28H2,1-2,4-6H3,(H,49,53);4-9,11,19H,2-3,10,18H2,1H3. The van der Waals surface area contributed by atoms with Gasteiger partial charge in [-0.05, 0) is 173 Å². The quantitative estimate of drug-likeness (QED) is 0.0235. The Bertz CT molecular complexity index is 3070. The van der Waals surface area contributed by atoms with E-state index in [2.05, 4.69) is 65.6 Å². The number of carbonyl (C=O) groups is 3. The number of benzene rings is 5. The number of unbranched alkanes of at least 4 members (excludes halogenated alkanes) is 4. The first-order chi connectivity index (χ1) is 36.8. The molecule has 5 aromatic carbocycles. The van der Waals surface area contributed by atoms with E-state index >= 15 is 0 Å². The van der Waals surface area contributed by atoms with Gasteiger partial charge in [0.2, 0.25) is 0 Å². The maximum absolute atomic E-state index is 14.2. The van der Waals surface area contributed by atoms with Crippen LogP contribution in [0, 0.1) is 0 Å². The highest BCUT2D eigenvalue weighted by Crippen LogP contribution is 2.38. The van der Waals surface area contributed by atoms with Crippen molar-refractivity contribution in [2.45, 2.75) is 142 Å². The summed E-state index contributed by atoms with van der Waals surface area (Å²) in [7, 11) is 0. The first kappa shape index (κ1) is 60.0. The van der Waals surface area contributed by atoms with E-state index in [9.17, 15) is 27.6 Å². The van der Waals surface area contributed by atoms with Crippen molar-refractivity contribution in [3.8, 4) is 21.1 Å². The molecule has 0 saturated carbocycles. The summed E-state index contributed by atoms with van der Waals surface area (Å²) < 4.78 is 49.9. The molecule has 0 fully saturated rings. The number of fused-ring (bicyclic) bond motifs is 2. The molecule has 0 aliphatic rings. The van der Waals surface area contributed by atoms with Crippen LogP contribution in [0.2, 0.25) is 0 Å². The summed E-state index contributed by atoms with van der Waals surface area (Å²) in [5, 5.41) is 11.4. The summed E-state index contributed by atoms with van der Waals surface area (Å²) in [5.74, 6) is 0.262. The number of rotatable bonds is 26. The van der Waals surface area contributed by atoms with Crippen molar-refractivity contribution in [1.82, 2.24) is 15.3 Å². The first-order valence-corrected chi connectivity index (χ1v) is 29.2. The number of halogens is 3. The highest BCUT2D eigenvalue weighted by atomic mass is 32.2. The minimum Gasteiger partial charge on any atom is -0.444 e. The van der Waals surface area contributed by atoms with E-state index in [1.165, 1.54) is 35.9 Å². The predicted octanol–water partition coefficient (Wildman–Crippen LogP) is 16.9. The summed E-state index contributed by atoms with van der Waals surface area (Å²) in [4.78, 5) is 48.7. The van der Waals surface area contributed by atoms with Gasteiger partial charge in [0.25, 0.3) is 0 Å². The summed E-state index contributed by atoms with van der Waals surface area (Å²) in [5.41, 5.74) is 13.2. The fraction of sp³-hybridized carbons (Fsp3) is 0.393. The van der Waals surface area contributed by atoms with Gasteiger partial charge in [-0.3, -0.25) is 14.9 Å². The lowest BCUT2D eigenvalue weighted by Gasteiger charge is -2.20. The lowest BCUT2D eigenvalue weighted by molar-refractivity contribution is -0.138. The molecular formula is C61H73F3N6O4S3. The third-order valence-electron chi connectivity index (χ3n) is 12.2. The Morgan fingerprint density at radius 3 is 1.71 bits per heavy atom. The molecule has 10 nitrogen and oxygen atoms in total. The largest absolute Gasteiger partial charge is 0.444 e. The number of nitrogens with zero attached hydrogens (tertiary/aromatic N) is 2. The van der Waals surface area contributed by atoms with Gasteiger partial charge < -0.3 is 21.1 Å². The van der Waals surface area contributed by atoms with E-state index in [1.807, 2.05) is 67.6 Å². The van der Waals surface area contributed by atoms with Gasteiger partial charge in [0.1, 0.15) is 27.2 Å². The van der Waals surface area contributed by atoms with E-state index in [4.69, 9.17) is 15.5 Å². The number of thiazole rings is 2. The van der Waals surface area contributed by atoms with Crippen LogP contribution in [-0.4, -0.2) is 52.1 Å². The third kappa shape index (κ3) is 19.3. The second-order valence-corrected chi connectivity index (χ2v) is 23.3. The summed E-state index contributed by atoms with van der Waals surface area (Å²) in [6.07, 6.45) is 2.56. The number of allylic oxidation sites excluding steroid dienone is 1. The SMILES string of the molecule is C=C(CCCCCC(=O)Cc1cc(C(F)(F)F)cc(CC(=O)Cc2ccc3nc(-c4ccc(NCCCC)cc4)sc3c2)c1SCCC)NC(=O)OC(C)(C)C.CCCCNc1ccc(-c2nc3ccc(N)cc3s2)cc1. The van der Waals surface area contributed by atoms with Crippen molar-refractivity contribution >= 4 is 89.6 Å². The maximum atomic E-state index is 14.2. The number of carbonyl (C=O) groups excluding carboxylic acids is 3. The Labute approximate surface area is 464 Å². The number of alkyl carbamates (subject to hydrolysis) is 1. The number of ketones is 2. The number of anilines is 3. The molecule has 0 saturated heterocycles. The monoisotopic (exact) mass is 1110 g/mol. The minimum absolute atomic E-state index is 0.0589. The number of amides is 1. The van der Waals surface area contributed by atoms with Crippen molar-refractivity contribution in [3.05, 3.63) is 132 Å². The third-order valence-corrected chi connectivity index (χ3v) is 15.7. The number of nitrogens with one attached hydrogen (secondary N) is 3. The topological polar surface area (TPSA) is 148 Å². The van der Waals surface area contributed by atoms with Gasteiger partial charge in [-0.25, -0.2) is 14.8 Å². The Balaban J connectivity index is 0.000000377. The lowest BCUT2D eigenvalue weighted by atomic mass is 9.95. The van der Waals surface area contributed by atoms with Crippen molar-refractivity contribution in [3.63, 3.8) is 0 Å². The van der Waals surface area contributed by atoms with Gasteiger partial charge in [0.05, 0.1) is 26.0 Å². The van der Waals surface area contributed by atoms with Crippen LogP contribution in [0.15, 0.2) is 114 Å². The molecule has 5 N–H and O–H groups in total. The van der Waals surface area contributed by atoms with Gasteiger partial charge in [-0.1, -0.05) is 52.7 Å². The van der Waals surface area contributed by atoms with Crippen molar-refractivity contribution in [1.29, 1.82) is 0 Å². The Kier molecular flexibility index (Phi) is 22.6. The Morgan fingerprint density at radius 2 is 1.18 bits per heavy atom. The smallest absolute Gasteiger partial charge is 0.416 e. The minimum atomic E-state index is -4.64. The molecule has 7 rings (SSSR count). The Hall–Kier alpha value is -6.23. The average molecular weight is 1110 g/mol. The highest BCUT2D eigenvalue weighted by Gasteiger charge is 2.33. The Morgan fingerprint density at radius 1 is 0.649 bits per heavy atom. The van der Waals surface area contributed by atoms with Gasteiger partial charge in [0.15, 0.2) is 0 Å². The number of Topliss-reactive ketones (excluding diaryl/α,β-unsaturated/α-hetero) is 2. The fourth-order valence-corrected chi connectivity index (χ4v) is 11.4. The molecule has 1 amide bonds. The molecule has 77 heavy (non-hydrogen) atoms. The molecule has 410 valence electrons. The molecule has 2 heterocycles. The zero-order valence-electron chi connectivity index (χ0n) is 45.2. The van der Waals surface area contributed by atoms with Crippen molar-refractivity contribution < 1.29 is 32.3 Å². The van der Waals surface area contributed by atoms with E-state index in [-0.39, 0.29) is 37.2 Å². The number of hydrogen-bond donors (Lipinski definition) is 4. The van der Waals surface area contributed by atoms with Gasteiger partial charge >= 0.3 is 12.3 Å². The zero-order valence-corrected chi connectivity index (χ0v) is 47.7. The van der Waals surface area contributed by atoms with Crippen LogP contribution < -0.4 is 21.7 Å². The molecule has 0 atom stereocenters. The number of aromatic nitrogens is 2. The molecule has 0 bridgehead atoms. The van der Waals surface area contributed by atoms with Crippen molar-refractivity contribution in [2.75, 3.05) is 35.2 Å². The van der Waals surface area contributed by atoms with Gasteiger partial charge in [0, 0.05) is 77.6 Å². The molecule has 7 aromatic rings. The highest BCUT2D eigenvalue weighted by molar-refractivity contribution is 7.99. The summed E-state index contributed by atoms with van der Waals surface area (Å²) in [6, 6.07) is 30.3. The van der Waals surface area contributed by atoms with Crippen LogP contribution in [0.1, 0.15) is 128 Å². The molecular weight excluding hydrogens is 1030 g/mol. The van der Waals surface area contributed by atoms with Crippen molar-refractivity contribution in [2.24, 2.45) is 0 Å². The summed E-state index contributed by atoms with van der Waals surface area (Å²) in [6.45, 7) is 17.4. The van der Waals surface area contributed by atoms with Crippen LogP contribution in [0.5, 0.6) is 0 Å². The number of hydrogen-bond acceptors (Lipinski definition) is 12. The number of ether oxygens (including phenoxy) is 1. The molecule has 0 unspecified atom stereocenters. The van der Waals surface area contributed by atoms with Gasteiger partial charge in [-0.2, -0.15) is 13.2 Å². The normalized spacial score (nSPS) is 11.5. The first-order valence-electron chi connectivity index (χ1n) is 26.6. The number of thioether (sulfide) groups is 1. The second kappa shape index (κ2) is 28.9. The van der Waals surface area contributed by atoms with Crippen LogP contribution in [0.25, 0.3) is 41.6 Å². The van der Waals surface area contributed by atoms with Gasteiger partial charge in [-0.15, -0.1) is 34.4 Å². The molecule has 16 heteroatoms. The number of alkyl halides is 3. The molecule has 2 aromatic heterocycles. The van der Waals surface area contributed by atoms with Crippen LogP contribution in [0.3, 0.4) is 0 Å². The predicted molar refractivity (Wildman–Crippen MR) is 316 cm³/mol. The van der Waals surface area contributed by atoms with E-state index < -0.39 is 23.4 Å². The maximum Gasteiger partial charge on any atom is 0.416 e. The summed E-state index contributed by atoms with van der Waals surface area (Å²) >= 11 is 4.61. The molecule has 0 spiro atoms. The van der Waals surface area contributed by atoms with Crippen LogP contribution in [0.4, 0.5) is 35.0 Å².